The van der Waals surface area contributed by atoms with E-state index in [9.17, 15) is 13.2 Å². The van der Waals surface area contributed by atoms with Gasteiger partial charge in [-0.2, -0.15) is 13.2 Å². The molecular weight excluding hydrogens is 267 g/mol. The smallest absolute Gasteiger partial charge is 0.403 e. The van der Waals surface area contributed by atoms with Gasteiger partial charge in [0, 0.05) is 6.42 Å². The van der Waals surface area contributed by atoms with Crippen LogP contribution in [0.1, 0.15) is 44.2 Å². The molecule has 1 aromatic carbocycles. The number of halogens is 3. The zero-order valence-electron chi connectivity index (χ0n) is 12.1. The number of hydrogen-bond donors (Lipinski definition) is 1. The predicted octanol–water partition coefficient (Wildman–Crippen LogP) is 4.03. The highest BCUT2D eigenvalue weighted by atomic mass is 19.4. The molecule has 1 unspecified atom stereocenters. The van der Waals surface area contributed by atoms with Crippen LogP contribution in [0.3, 0.4) is 0 Å². The summed E-state index contributed by atoms with van der Waals surface area (Å²) in [5, 5.41) is 0. The van der Waals surface area contributed by atoms with Gasteiger partial charge in [-0.3, -0.25) is 0 Å². The van der Waals surface area contributed by atoms with Crippen molar-refractivity contribution in [2.24, 2.45) is 5.73 Å². The maximum Gasteiger partial charge on any atom is 0.403 e. The van der Waals surface area contributed by atoms with E-state index in [1.807, 2.05) is 19.1 Å². The summed E-state index contributed by atoms with van der Waals surface area (Å²) < 4.78 is 42.4. The van der Waals surface area contributed by atoms with E-state index in [2.05, 4.69) is 13.8 Å². The molecule has 0 aliphatic carbocycles. The highest BCUT2D eigenvalue weighted by Crippen LogP contribution is 2.29. The summed E-state index contributed by atoms with van der Waals surface area (Å²) in [6.07, 6.45) is -3.82. The Labute approximate surface area is 118 Å². The molecule has 0 aliphatic rings. The largest absolute Gasteiger partial charge is 0.493 e. The van der Waals surface area contributed by atoms with E-state index in [0.717, 1.165) is 12.0 Å². The third-order valence-electron chi connectivity index (χ3n) is 3.25. The highest BCUT2D eigenvalue weighted by molar-refractivity contribution is 5.41. The molecule has 20 heavy (non-hydrogen) atoms. The van der Waals surface area contributed by atoms with E-state index in [1.165, 1.54) is 5.56 Å². The Bertz CT molecular complexity index is 430. The second-order valence-corrected chi connectivity index (χ2v) is 5.12. The fourth-order valence-electron chi connectivity index (χ4n) is 2.10. The van der Waals surface area contributed by atoms with E-state index in [-0.39, 0.29) is 13.0 Å². The fraction of sp³-hybridized carbons (Fsp3) is 0.600. The summed E-state index contributed by atoms with van der Waals surface area (Å²) in [7, 11) is 0. The molecule has 5 heteroatoms. The molecule has 0 radical (unpaired) electrons. The lowest BCUT2D eigenvalue weighted by Crippen LogP contribution is -2.38. The van der Waals surface area contributed by atoms with Gasteiger partial charge < -0.3 is 10.5 Å². The third kappa shape index (κ3) is 4.40. The zero-order chi connectivity index (χ0) is 15.3. The fourth-order valence-corrected chi connectivity index (χ4v) is 2.10. The Kier molecular flexibility index (Phi) is 5.87. The van der Waals surface area contributed by atoms with Gasteiger partial charge in [-0.25, -0.2) is 0 Å². The Morgan fingerprint density at radius 3 is 2.40 bits per heavy atom. The Morgan fingerprint density at radius 2 is 1.90 bits per heavy atom. The molecule has 114 valence electrons. The molecule has 0 bridgehead atoms. The molecule has 2 nitrogen and oxygen atoms in total. The highest BCUT2D eigenvalue weighted by Gasteiger charge is 2.36. The molecule has 2 N–H and O–H groups in total. The first kappa shape index (κ1) is 16.8. The molecule has 0 saturated carbocycles. The molecule has 1 aromatic rings. The van der Waals surface area contributed by atoms with Crippen LogP contribution in [0.15, 0.2) is 18.2 Å². The summed E-state index contributed by atoms with van der Waals surface area (Å²) in [5.74, 6) is 1.01. The first-order valence-electron chi connectivity index (χ1n) is 6.84. The first-order valence-corrected chi connectivity index (χ1v) is 6.84. The van der Waals surface area contributed by atoms with Gasteiger partial charge in [0.1, 0.15) is 11.8 Å². The van der Waals surface area contributed by atoms with Gasteiger partial charge >= 0.3 is 6.18 Å². The molecule has 0 spiro atoms. The van der Waals surface area contributed by atoms with Crippen LogP contribution >= 0.6 is 0 Å². The number of alkyl halides is 3. The van der Waals surface area contributed by atoms with Crippen LogP contribution in [0.25, 0.3) is 0 Å². The third-order valence-corrected chi connectivity index (χ3v) is 3.25. The second-order valence-electron chi connectivity index (χ2n) is 5.12. The van der Waals surface area contributed by atoms with Crippen molar-refractivity contribution >= 4 is 0 Å². The van der Waals surface area contributed by atoms with Gasteiger partial charge in [-0.15, -0.1) is 0 Å². The van der Waals surface area contributed by atoms with E-state index in [4.69, 9.17) is 10.5 Å². The summed E-state index contributed by atoms with van der Waals surface area (Å²) in [6.45, 7) is 6.14. The summed E-state index contributed by atoms with van der Waals surface area (Å²) in [6, 6.07) is 3.86. The molecule has 0 fully saturated rings. The summed E-state index contributed by atoms with van der Waals surface area (Å²) >= 11 is 0. The number of ether oxygens (including phenoxy) is 1. The molecule has 0 aromatic heterocycles. The van der Waals surface area contributed by atoms with Crippen LogP contribution in [-0.4, -0.2) is 18.8 Å². The zero-order valence-corrected chi connectivity index (χ0v) is 12.1. The number of benzene rings is 1. The van der Waals surface area contributed by atoms with Gasteiger partial charge in [0.15, 0.2) is 0 Å². The lowest BCUT2D eigenvalue weighted by molar-refractivity contribution is -0.150. The second kappa shape index (κ2) is 6.97. The van der Waals surface area contributed by atoms with Crippen molar-refractivity contribution in [3.63, 3.8) is 0 Å². The summed E-state index contributed by atoms with van der Waals surface area (Å²) in [4.78, 5) is 0. The van der Waals surface area contributed by atoms with E-state index >= 15 is 0 Å². The van der Waals surface area contributed by atoms with Crippen LogP contribution in [0, 0.1) is 0 Å². The van der Waals surface area contributed by atoms with Crippen molar-refractivity contribution in [1.82, 2.24) is 0 Å². The predicted molar refractivity (Wildman–Crippen MR) is 74.1 cm³/mol. The van der Waals surface area contributed by atoms with Gasteiger partial charge in [0.25, 0.3) is 0 Å². The van der Waals surface area contributed by atoms with Crippen LogP contribution in [0.4, 0.5) is 13.2 Å². The molecule has 1 rings (SSSR count). The maximum absolute atomic E-state index is 12.3. The normalized spacial score (nSPS) is 13.6. The average Bonchev–Trinajstić information content (AvgIpc) is 2.36. The molecule has 0 amide bonds. The van der Waals surface area contributed by atoms with Gasteiger partial charge in [-0.05, 0) is 29.5 Å². The topological polar surface area (TPSA) is 35.2 Å². The Hall–Kier alpha value is -1.23. The Morgan fingerprint density at radius 1 is 1.25 bits per heavy atom. The van der Waals surface area contributed by atoms with Crippen LogP contribution in [0.5, 0.6) is 5.75 Å². The minimum absolute atomic E-state index is 0.0325. The lowest BCUT2D eigenvalue weighted by atomic mass is 9.95. The monoisotopic (exact) mass is 289 g/mol. The number of hydrogen-bond acceptors (Lipinski definition) is 2. The standard InChI is InChI=1S/C15H22F3NO/c1-4-11-12(10(2)3)6-5-7-13(11)20-9-8-14(19)15(16,17)18/h5-7,10,14H,4,8-9,19H2,1-3H3. The molecule has 0 heterocycles. The van der Waals surface area contributed by atoms with Crippen LogP contribution in [0.2, 0.25) is 0 Å². The van der Waals surface area contributed by atoms with Crippen molar-refractivity contribution in [2.45, 2.75) is 51.7 Å². The van der Waals surface area contributed by atoms with Crippen molar-refractivity contribution < 1.29 is 17.9 Å². The Balaban J connectivity index is 2.71. The van der Waals surface area contributed by atoms with Crippen molar-refractivity contribution in [2.75, 3.05) is 6.61 Å². The van der Waals surface area contributed by atoms with Gasteiger partial charge in [0.2, 0.25) is 0 Å². The van der Waals surface area contributed by atoms with E-state index < -0.39 is 12.2 Å². The number of nitrogens with two attached hydrogens (primary N) is 1. The van der Waals surface area contributed by atoms with Crippen LogP contribution in [-0.2, 0) is 6.42 Å². The van der Waals surface area contributed by atoms with E-state index in [0.29, 0.717) is 11.7 Å². The van der Waals surface area contributed by atoms with E-state index in [1.54, 1.807) is 6.07 Å². The van der Waals surface area contributed by atoms with Crippen molar-refractivity contribution in [1.29, 1.82) is 0 Å². The maximum atomic E-state index is 12.3. The quantitative estimate of drug-likeness (QED) is 0.858. The molecular formula is C15H22F3NO. The van der Waals surface area contributed by atoms with Crippen molar-refractivity contribution in [3.05, 3.63) is 29.3 Å². The van der Waals surface area contributed by atoms with Gasteiger partial charge in [0.05, 0.1) is 6.61 Å². The molecule has 0 aliphatic heterocycles. The average molecular weight is 289 g/mol. The molecule has 0 saturated heterocycles. The van der Waals surface area contributed by atoms with Gasteiger partial charge in [-0.1, -0.05) is 32.9 Å². The minimum atomic E-state index is -4.36. The van der Waals surface area contributed by atoms with Crippen LogP contribution < -0.4 is 10.5 Å². The van der Waals surface area contributed by atoms with Crippen molar-refractivity contribution in [3.8, 4) is 5.75 Å². The number of rotatable bonds is 6. The lowest BCUT2D eigenvalue weighted by Gasteiger charge is -2.19. The SMILES string of the molecule is CCc1c(OCCC(N)C(F)(F)F)cccc1C(C)C. The summed E-state index contributed by atoms with van der Waals surface area (Å²) in [5.41, 5.74) is 7.29. The minimum Gasteiger partial charge on any atom is -0.493 e. The molecule has 1 atom stereocenters. The first-order chi connectivity index (χ1) is 9.27.